The van der Waals surface area contributed by atoms with Gasteiger partial charge in [-0.15, -0.1) is 0 Å². The molecular formula is C25H24ClFN6O3. The first-order valence-electron chi connectivity index (χ1n) is 11.5. The van der Waals surface area contributed by atoms with Gasteiger partial charge in [-0.3, -0.25) is 14.7 Å². The molecule has 11 heteroatoms. The number of nitrogens with zero attached hydrogens (tertiary/aromatic N) is 5. The summed E-state index contributed by atoms with van der Waals surface area (Å²) in [4.78, 5) is 16.6. The molecule has 0 radical (unpaired) electrons. The molecular weight excluding hydrogens is 487 g/mol. The van der Waals surface area contributed by atoms with E-state index >= 15 is 0 Å². The Morgan fingerprint density at radius 3 is 2.86 bits per heavy atom. The normalized spacial score (nSPS) is 12.4. The van der Waals surface area contributed by atoms with Gasteiger partial charge in [0.05, 0.1) is 18.0 Å². The summed E-state index contributed by atoms with van der Waals surface area (Å²) in [6, 6.07) is 6.27. The Labute approximate surface area is 211 Å². The molecule has 1 aromatic carbocycles. The molecule has 186 valence electrons. The number of fused-ring (bicyclic) bond motifs is 7. The molecule has 5 rings (SSSR count). The molecule has 0 fully saturated rings. The van der Waals surface area contributed by atoms with Crippen LogP contribution >= 0.6 is 11.6 Å². The maximum Gasteiger partial charge on any atom is 0.412 e. The first kappa shape index (κ1) is 23.8. The summed E-state index contributed by atoms with van der Waals surface area (Å²) >= 11 is 6.64. The van der Waals surface area contributed by atoms with E-state index < -0.39 is 11.9 Å². The third kappa shape index (κ3) is 4.39. The third-order valence-corrected chi connectivity index (χ3v) is 6.20. The second-order valence-corrected chi connectivity index (χ2v) is 8.65. The Balaban J connectivity index is 1.73. The summed E-state index contributed by atoms with van der Waals surface area (Å²) in [6.07, 6.45) is 3.35. The number of ether oxygens (including phenoxy) is 2. The fourth-order valence-corrected chi connectivity index (χ4v) is 4.62. The number of aromatic nitrogens is 5. The van der Waals surface area contributed by atoms with Crippen molar-refractivity contribution < 1.29 is 18.7 Å². The Morgan fingerprint density at radius 2 is 2.08 bits per heavy atom. The molecule has 9 nitrogen and oxygen atoms in total. The van der Waals surface area contributed by atoms with Gasteiger partial charge >= 0.3 is 6.09 Å². The van der Waals surface area contributed by atoms with Crippen molar-refractivity contribution in [1.29, 1.82) is 0 Å². The predicted molar refractivity (Wildman–Crippen MR) is 133 cm³/mol. The van der Waals surface area contributed by atoms with Crippen molar-refractivity contribution in [1.82, 2.24) is 24.5 Å². The highest BCUT2D eigenvalue weighted by Crippen LogP contribution is 2.38. The van der Waals surface area contributed by atoms with Crippen LogP contribution in [0.1, 0.15) is 30.5 Å². The van der Waals surface area contributed by atoms with Gasteiger partial charge in [-0.1, -0.05) is 11.6 Å². The number of aryl methyl sites for hydroxylation is 2. The lowest BCUT2D eigenvalue weighted by Crippen LogP contribution is -2.15. The SMILES string of the molecule is CCOC(=O)Nc1ncc2cc1OCc1cc(F)ccc1-c1nn(C)cc1Cc1c(Cl)nn(CC)c1-2. The Kier molecular flexibility index (Phi) is 6.36. The number of anilines is 1. The molecule has 36 heavy (non-hydrogen) atoms. The Morgan fingerprint density at radius 1 is 1.25 bits per heavy atom. The van der Waals surface area contributed by atoms with Gasteiger partial charge in [-0.05, 0) is 38.1 Å². The minimum atomic E-state index is -0.657. The molecule has 0 spiro atoms. The zero-order chi connectivity index (χ0) is 25.4. The van der Waals surface area contributed by atoms with Crippen LogP contribution in [-0.4, -0.2) is 37.2 Å². The highest BCUT2D eigenvalue weighted by Gasteiger charge is 2.25. The van der Waals surface area contributed by atoms with Gasteiger partial charge in [0.2, 0.25) is 0 Å². The van der Waals surface area contributed by atoms with E-state index in [4.69, 9.17) is 21.1 Å². The highest BCUT2D eigenvalue weighted by molar-refractivity contribution is 6.30. The van der Waals surface area contributed by atoms with Gasteiger partial charge in [0, 0.05) is 60.2 Å². The van der Waals surface area contributed by atoms with Gasteiger partial charge < -0.3 is 9.47 Å². The molecule has 1 N–H and O–H groups in total. The zero-order valence-electron chi connectivity index (χ0n) is 20.0. The van der Waals surface area contributed by atoms with E-state index in [0.717, 1.165) is 22.4 Å². The topological polar surface area (TPSA) is 96.1 Å². The molecule has 4 heterocycles. The van der Waals surface area contributed by atoms with Crippen LogP contribution < -0.4 is 10.1 Å². The van der Waals surface area contributed by atoms with E-state index in [0.29, 0.717) is 40.7 Å². The van der Waals surface area contributed by atoms with Crippen molar-refractivity contribution in [3.05, 3.63) is 64.3 Å². The van der Waals surface area contributed by atoms with Crippen LogP contribution in [0.3, 0.4) is 0 Å². The Hall–Kier alpha value is -3.92. The van der Waals surface area contributed by atoms with Crippen LogP contribution in [0.2, 0.25) is 5.15 Å². The molecule has 1 aliphatic heterocycles. The quantitative estimate of drug-likeness (QED) is 0.406. The van der Waals surface area contributed by atoms with Crippen LogP contribution in [0.25, 0.3) is 22.5 Å². The molecule has 2 bridgehead atoms. The largest absolute Gasteiger partial charge is 0.485 e. The predicted octanol–water partition coefficient (Wildman–Crippen LogP) is 5.21. The van der Waals surface area contributed by atoms with Crippen molar-refractivity contribution >= 4 is 23.5 Å². The number of carbonyl (C=O) groups is 1. The fourth-order valence-electron chi connectivity index (χ4n) is 4.37. The van der Waals surface area contributed by atoms with Crippen molar-refractivity contribution in [2.75, 3.05) is 11.9 Å². The number of benzene rings is 1. The summed E-state index contributed by atoms with van der Waals surface area (Å²) in [5.41, 5.74) is 5.25. The summed E-state index contributed by atoms with van der Waals surface area (Å²) in [5, 5.41) is 12.2. The number of rotatable bonds is 3. The summed E-state index contributed by atoms with van der Waals surface area (Å²) in [7, 11) is 1.84. The number of nitrogens with one attached hydrogen (secondary N) is 1. The molecule has 0 saturated carbocycles. The molecule has 1 amide bonds. The second-order valence-electron chi connectivity index (χ2n) is 8.29. The van der Waals surface area contributed by atoms with Crippen molar-refractivity contribution in [2.24, 2.45) is 7.05 Å². The molecule has 0 atom stereocenters. The summed E-state index contributed by atoms with van der Waals surface area (Å²) in [6.45, 7) is 4.49. The summed E-state index contributed by atoms with van der Waals surface area (Å²) < 4.78 is 28.9. The van der Waals surface area contributed by atoms with Gasteiger partial charge in [0.15, 0.2) is 16.7 Å². The first-order valence-corrected chi connectivity index (χ1v) is 11.9. The van der Waals surface area contributed by atoms with Gasteiger partial charge in [-0.2, -0.15) is 10.2 Å². The van der Waals surface area contributed by atoms with Gasteiger partial charge in [0.25, 0.3) is 0 Å². The number of hydrogen-bond donors (Lipinski definition) is 1. The van der Waals surface area contributed by atoms with Crippen molar-refractivity contribution in [3.63, 3.8) is 0 Å². The number of carbonyl (C=O) groups excluding carboxylic acids is 1. The van der Waals surface area contributed by atoms with E-state index in [-0.39, 0.29) is 19.0 Å². The number of amides is 1. The zero-order valence-corrected chi connectivity index (χ0v) is 20.8. The maximum atomic E-state index is 14.3. The van der Waals surface area contributed by atoms with Crippen LogP contribution in [-0.2, 0) is 31.4 Å². The first-order chi connectivity index (χ1) is 17.4. The van der Waals surface area contributed by atoms with E-state index in [1.54, 1.807) is 29.9 Å². The molecule has 0 saturated heterocycles. The highest BCUT2D eigenvalue weighted by atomic mass is 35.5. The van der Waals surface area contributed by atoms with Crippen molar-refractivity contribution in [3.8, 4) is 28.3 Å². The third-order valence-electron chi connectivity index (χ3n) is 5.90. The molecule has 3 aromatic heterocycles. The average molecular weight is 511 g/mol. The minimum absolute atomic E-state index is 0.0202. The lowest BCUT2D eigenvalue weighted by molar-refractivity contribution is 0.167. The standard InChI is InChI=1S/C25H24ClFN6O3/c1-4-33-22-14-10-20(24(28-11-14)29-25(34)35-5-2)36-13-16-8-17(27)6-7-18(16)21-15(12-32(3)30-21)9-19(22)23(26)31-33/h6-8,10-12H,4-5,9,13H2,1-3H3,(H,28,29,34). The van der Waals surface area contributed by atoms with Crippen LogP contribution in [0.5, 0.6) is 5.75 Å². The van der Waals surface area contributed by atoms with Crippen molar-refractivity contribution in [2.45, 2.75) is 33.4 Å². The number of halogens is 2. The van der Waals surface area contributed by atoms with E-state index in [2.05, 4.69) is 20.5 Å². The molecule has 4 aromatic rings. The minimum Gasteiger partial charge on any atom is -0.485 e. The molecule has 1 aliphatic rings. The average Bonchev–Trinajstić information content (AvgIpc) is 3.37. The van der Waals surface area contributed by atoms with Crippen LogP contribution in [0.4, 0.5) is 15.0 Å². The van der Waals surface area contributed by atoms with Crippen LogP contribution in [0.15, 0.2) is 36.7 Å². The van der Waals surface area contributed by atoms with Gasteiger partial charge in [0.1, 0.15) is 12.4 Å². The lowest BCUT2D eigenvalue weighted by Gasteiger charge is -2.17. The van der Waals surface area contributed by atoms with Crippen LogP contribution in [0, 0.1) is 5.82 Å². The second kappa shape index (κ2) is 9.62. The molecule has 0 unspecified atom stereocenters. The van der Waals surface area contributed by atoms with E-state index in [1.165, 1.54) is 12.1 Å². The lowest BCUT2D eigenvalue weighted by atomic mass is 9.97. The van der Waals surface area contributed by atoms with E-state index in [1.807, 2.05) is 24.9 Å². The summed E-state index contributed by atoms with van der Waals surface area (Å²) in [5.74, 6) is 0.0812. The smallest absolute Gasteiger partial charge is 0.412 e. The monoisotopic (exact) mass is 510 g/mol. The maximum absolute atomic E-state index is 14.3. The fraction of sp³-hybridized carbons (Fsp3) is 0.280. The van der Waals surface area contributed by atoms with Gasteiger partial charge in [-0.25, -0.2) is 14.2 Å². The number of pyridine rings is 1. The Bertz CT molecular complexity index is 1460. The number of hydrogen-bond acceptors (Lipinski definition) is 6. The molecule has 0 aliphatic carbocycles. The van der Waals surface area contributed by atoms with E-state index in [9.17, 15) is 9.18 Å².